The van der Waals surface area contributed by atoms with Crippen LogP contribution in [0.25, 0.3) is 0 Å². The highest BCUT2D eigenvalue weighted by atomic mass is 32.2. The van der Waals surface area contributed by atoms with Crippen LogP contribution in [-0.2, 0) is 23.1 Å². The van der Waals surface area contributed by atoms with Gasteiger partial charge in [0.05, 0.1) is 10.5 Å². The van der Waals surface area contributed by atoms with Crippen LogP contribution in [0.2, 0.25) is 0 Å². The van der Waals surface area contributed by atoms with E-state index in [0.29, 0.717) is 5.56 Å². The monoisotopic (exact) mass is 501 g/mol. The molecule has 6 nitrogen and oxygen atoms in total. The Labute approximate surface area is 208 Å². The van der Waals surface area contributed by atoms with Gasteiger partial charge in [-0.2, -0.15) is 0 Å². The molecule has 0 spiro atoms. The Hall–Kier alpha value is -1.87. The average molecular weight is 502 g/mol. The Kier molecular flexibility index (Phi) is 8.69. The predicted octanol–water partition coefficient (Wildman–Crippen LogP) is 4.50. The minimum atomic E-state index is -3.77. The summed E-state index contributed by atoms with van der Waals surface area (Å²) in [6.07, 6.45) is 8.62. The maximum absolute atomic E-state index is 13.3. The lowest BCUT2D eigenvalue weighted by Gasteiger charge is -2.22. The fourth-order valence-electron chi connectivity index (χ4n) is 4.79. The lowest BCUT2D eigenvalue weighted by molar-refractivity contribution is 0.0758. The van der Waals surface area contributed by atoms with E-state index >= 15 is 0 Å². The maximum Gasteiger partial charge on any atom is 0.255 e. The van der Waals surface area contributed by atoms with Gasteiger partial charge in [0.25, 0.3) is 5.91 Å². The number of carbonyl (C=O) groups excluding carboxylic acids is 1. The summed E-state index contributed by atoms with van der Waals surface area (Å²) in [7, 11) is -3.77. The SMILES string of the molecule is CSc1ccc(S(=O)(=O)NCc2ccccc2CN2CCCC2)cc1C(=O)N1CCCCCC1. The van der Waals surface area contributed by atoms with E-state index < -0.39 is 10.0 Å². The van der Waals surface area contributed by atoms with Gasteiger partial charge in [-0.15, -0.1) is 11.8 Å². The van der Waals surface area contributed by atoms with Gasteiger partial charge in [0, 0.05) is 31.1 Å². The van der Waals surface area contributed by atoms with Crippen LogP contribution in [0.3, 0.4) is 0 Å². The van der Waals surface area contributed by atoms with E-state index in [1.807, 2.05) is 29.4 Å². The summed E-state index contributed by atoms with van der Waals surface area (Å²) in [6, 6.07) is 12.9. The molecule has 1 N–H and O–H groups in total. The van der Waals surface area contributed by atoms with Crippen LogP contribution in [0.15, 0.2) is 52.3 Å². The molecule has 4 rings (SSSR count). The smallest absolute Gasteiger partial charge is 0.255 e. The highest BCUT2D eigenvalue weighted by molar-refractivity contribution is 7.98. The first-order valence-electron chi connectivity index (χ1n) is 12.2. The quantitative estimate of drug-likeness (QED) is 0.540. The standard InChI is InChI=1S/C26H35N3O3S2/c1-33-25-13-12-23(18-24(25)26(30)29-16-6-2-3-7-17-29)34(31,32)27-19-21-10-4-5-11-22(21)20-28-14-8-9-15-28/h4-5,10-13,18,27H,2-3,6-9,14-17,19-20H2,1H3. The molecular formula is C26H35N3O3S2. The number of rotatable bonds is 8. The van der Waals surface area contributed by atoms with E-state index in [4.69, 9.17) is 0 Å². The van der Waals surface area contributed by atoms with Crippen molar-refractivity contribution in [1.82, 2.24) is 14.5 Å². The summed E-state index contributed by atoms with van der Waals surface area (Å²) in [5.74, 6) is -0.0701. The first-order valence-corrected chi connectivity index (χ1v) is 14.9. The zero-order valence-electron chi connectivity index (χ0n) is 20.0. The maximum atomic E-state index is 13.3. The third-order valence-electron chi connectivity index (χ3n) is 6.77. The van der Waals surface area contributed by atoms with Crippen LogP contribution in [0.5, 0.6) is 0 Å². The Morgan fingerprint density at radius 2 is 1.56 bits per heavy atom. The van der Waals surface area contributed by atoms with Crippen LogP contribution < -0.4 is 4.72 Å². The minimum absolute atomic E-state index is 0.0701. The third-order valence-corrected chi connectivity index (χ3v) is 8.96. The summed E-state index contributed by atoms with van der Waals surface area (Å²) >= 11 is 1.47. The summed E-state index contributed by atoms with van der Waals surface area (Å²) in [4.78, 5) is 18.5. The number of nitrogens with one attached hydrogen (secondary N) is 1. The summed E-state index contributed by atoms with van der Waals surface area (Å²) in [5.41, 5.74) is 2.62. The molecule has 0 atom stereocenters. The number of amides is 1. The van der Waals surface area contributed by atoms with Crippen LogP contribution in [0, 0.1) is 0 Å². The van der Waals surface area contributed by atoms with Crippen molar-refractivity contribution in [1.29, 1.82) is 0 Å². The lowest BCUT2D eigenvalue weighted by Crippen LogP contribution is -2.32. The molecular weight excluding hydrogens is 466 g/mol. The zero-order chi connectivity index (χ0) is 24.0. The van der Waals surface area contributed by atoms with Crippen molar-refractivity contribution in [3.05, 3.63) is 59.2 Å². The van der Waals surface area contributed by atoms with Crippen molar-refractivity contribution in [3.63, 3.8) is 0 Å². The summed E-state index contributed by atoms with van der Waals surface area (Å²) < 4.78 is 29.2. The third kappa shape index (κ3) is 6.22. The number of likely N-dealkylation sites (tertiary alicyclic amines) is 2. The second-order valence-corrected chi connectivity index (χ2v) is 11.8. The molecule has 1 amide bonds. The van der Waals surface area contributed by atoms with Crippen molar-refractivity contribution in [2.45, 2.75) is 61.4 Å². The molecule has 8 heteroatoms. The van der Waals surface area contributed by atoms with Gasteiger partial charge in [0.2, 0.25) is 10.0 Å². The largest absolute Gasteiger partial charge is 0.339 e. The molecule has 34 heavy (non-hydrogen) atoms. The Bertz CT molecular complexity index is 1090. The molecule has 2 saturated heterocycles. The molecule has 2 fully saturated rings. The van der Waals surface area contributed by atoms with Gasteiger partial charge < -0.3 is 4.90 Å². The molecule has 0 saturated carbocycles. The van der Waals surface area contributed by atoms with Crippen LogP contribution >= 0.6 is 11.8 Å². The topological polar surface area (TPSA) is 69.7 Å². The molecule has 2 aromatic rings. The molecule has 2 heterocycles. The molecule has 2 aliphatic heterocycles. The van der Waals surface area contributed by atoms with Gasteiger partial charge in [-0.05, 0) is 74.4 Å². The predicted molar refractivity (Wildman–Crippen MR) is 138 cm³/mol. The number of nitrogens with zero attached hydrogens (tertiary/aromatic N) is 2. The number of carbonyl (C=O) groups is 1. The normalized spacial score (nSPS) is 17.6. The Morgan fingerprint density at radius 1 is 0.912 bits per heavy atom. The minimum Gasteiger partial charge on any atom is -0.339 e. The van der Waals surface area contributed by atoms with Crippen molar-refractivity contribution in [2.24, 2.45) is 0 Å². The summed E-state index contributed by atoms with van der Waals surface area (Å²) in [6.45, 7) is 4.72. The van der Waals surface area contributed by atoms with Crippen molar-refractivity contribution in [3.8, 4) is 0 Å². The van der Waals surface area contributed by atoms with E-state index in [1.54, 1.807) is 18.2 Å². The molecule has 184 valence electrons. The molecule has 0 aliphatic carbocycles. The van der Waals surface area contributed by atoms with Crippen LogP contribution in [0.1, 0.15) is 60.0 Å². The van der Waals surface area contributed by atoms with Crippen molar-refractivity contribution < 1.29 is 13.2 Å². The van der Waals surface area contributed by atoms with Gasteiger partial charge in [-0.25, -0.2) is 13.1 Å². The van der Waals surface area contributed by atoms with E-state index in [-0.39, 0.29) is 17.3 Å². The highest BCUT2D eigenvalue weighted by Crippen LogP contribution is 2.26. The Balaban J connectivity index is 1.51. The number of sulfonamides is 1. The molecule has 2 aromatic carbocycles. The van der Waals surface area contributed by atoms with Crippen LogP contribution in [0.4, 0.5) is 0 Å². The van der Waals surface area contributed by atoms with Gasteiger partial charge >= 0.3 is 0 Å². The second-order valence-electron chi connectivity index (χ2n) is 9.15. The van der Waals surface area contributed by atoms with E-state index in [2.05, 4.69) is 15.7 Å². The van der Waals surface area contributed by atoms with E-state index in [0.717, 1.165) is 74.4 Å². The van der Waals surface area contributed by atoms with Gasteiger partial charge in [0.1, 0.15) is 0 Å². The fourth-order valence-corrected chi connectivity index (χ4v) is 6.39. The fraction of sp³-hybridized carbons (Fsp3) is 0.500. The first kappa shape index (κ1) is 25.2. The Morgan fingerprint density at radius 3 is 2.24 bits per heavy atom. The molecule has 0 aromatic heterocycles. The number of benzene rings is 2. The number of thioether (sulfide) groups is 1. The van der Waals surface area contributed by atoms with Gasteiger partial charge in [-0.1, -0.05) is 37.1 Å². The van der Waals surface area contributed by atoms with Crippen LogP contribution in [-0.4, -0.2) is 56.6 Å². The average Bonchev–Trinajstić information content (AvgIpc) is 3.21. The molecule has 0 radical (unpaired) electrons. The highest BCUT2D eigenvalue weighted by Gasteiger charge is 2.24. The van der Waals surface area contributed by atoms with Crippen molar-refractivity contribution >= 4 is 27.7 Å². The zero-order valence-corrected chi connectivity index (χ0v) is 21.6. The number of hydrogen-bond acceptors (Lipinski definition) is 5. The molecule has 2 aliphatic rings. The molecule has 0 bridgehead atoms. The molecule has 0 unspecified atom stereocenters. The van der Waals surface area contributed by atoms with Crippen molar-refractivity contribution in [2.75, 3.05) is 32.4 Å². The van der Waals surface area contributed by atoms with Gasteiger partial charge in [-0.3, -0.25) is 9.69 Å². The first-order chi connectivity index (χ1) is 16.5. The lowest BCUT2D eigenvalue weighted by atomic mass is 10.1. The van der Waals surface area contributed by atoms with E-state index in [1.165, 1.54) is 24.6 Å². The van der Waals surface area contributed by atoms with Gasteiger partial charge in [0.15, 0.2) is 0 Å². The summed E-state index contributed by atoms with van der Waals surface area (Å²) in [5, 5.41) is 0. The number of hydrogen-bond donors (Lipinski definition) is 1. The van der Waals surface area contributed by atoms with E-state index in [9.17, 15) is 13.2 Å². The second kappa shape index (κ2) is 11.7.